The van der Waals surface area contributed by atoms with Gasteiger partial charge in [-0.15, -0.1) is 0 Å². The van der Waals surface area contributed by atoms with Gasteiger partial charge in [0.25, 0.3) is 0 Å². The molecule has 0 amide bonds. The maximum absolute atomic E-state index is 12.4. The summed E-state index contributed by atoms with van der Waals surface area (Å²) >= 11 is 0. The Hall–Kier alpha value is -1.30. The van der Waals surface area contributed by atoms with Crippen LogP contribution in [0.2, 0.25) is 0 Å². The molecule has 0 aromatic carbocycles. The second-order valence-corrected chi connectivity index (χ2v) is 3.98. The number of hydrogen-bond donors (Lipinski definition) is 1. The van der Waals surface area contributed by atoms with E-state index in [0.29, 0.717) is 6.61 Å². The van der Waals surface area contributed by atoms with Gasteiger partial charge in [-0.1, -0.05) is 0 Å². The number of nitrogens with one attached hydrogen (secondary N) is 1. The highest BCUT2D eigenvalue weighted by Gasteiger charge is 2.31. The predicted molar refractivity (Wildman–Crippen MR) is 55.8 cm³/mol. The number of rotatable bonds is 3. The first-order chi connectivity index (χ1) is 8.05. The molecule has 1 aliphatic heterocycles. The molecule has 0 saturated carbocycles. The number of ether oxygens (including phenoxy) is 1. The summed E-state index contributed by atoms with van der Waals surface area (Å²) in [5.74, 6) is 0.0218. The van der Waals surface area contributed by atoms with Crippen LogP contribution in [0.4, 0.5) is 13.2 Å². The molecule has 1 atom stereocenters. The molecule has 0 aliphatic carbocycles. The van der Waals surface area contributed by atoms with E-state index < -0.39 is 11.7 Å². The summed E-state index contributed by atoms with van der Waals surface area (Å²) in [4.78, 5) is 3.76. The van der Waals surface area contributed by atoms with Crippen LogP contribution in [0, 0.1) is 0 Å². The lowest BCUT2D eigenvalue weighted by molar-refractivity contribution is -0.137. The van der Waals surface area contributed by atoms with Gasteiger partial charge in [-0.05, 0) is 25.5 Å². The quantitative estimate of drug-likeness (QED) is 0.888. The van der Waals surface area contributed by atoms with Gasteiger partial charge < -0.3 is 10.1 Å². The Morgan fingerprint density at radius 3 is 2.94 bits per heavy atom. The zero-order valence-electron chi connectivity index (χ0n) is 9.13. The molecule has 2 rings (SSSR count). The lowest BCUT2D eigenvalue weighted by Gasteiger charge is -2.12. The van der Waals surface area contributed by atoms with Crippen molar-refractivity contribution < 1.29 is 17.9 Å². The second kappa shape index (κ2) is 4.91. The van der Waals surface area contributed by atoms with Crippen molar-refractivity contribution in [3.05, 3.63) is 23.9 Å². The standard InChI is InChI=1S/C11H13F3N2O/c12-11(13,14)8-3-5-16-10(6-8)17-7-9-2-1-4-15-9/h3,5-6,9,15H,1-2,4,7H2. The molecule has 1 aromatic rings. The van der Waals surface area contributed by atoms with Gasteiger partial charge in [-0.25, -0.2) is 4.98 Å². The van der Waals surface area contributed by atoms with Crippen molar-refractivity contribution in [2.75, 3.05) is 13.2 Å². The fraction of sp³-hybridized carbons (Fsp3) is 0.545. The summed E-state index contributed by atoms with van der Waals surface area (Å²) < 4.78 is 42.5. The van der Waals surface area contributed by atoms with Crippen molar-refractivity contribution in [1.82, 2.24) is 10.3 Å². The van der Waals surface area contributed by atoms with Gasteiger partial charge in [0, 0.05) is 18.3 Å². The van der Waals surface area contributed by atoms with E-state index in [9.17, 15) is 13.2 Å². The Morgan fingerprint density at radius 2 is 2.29 bits per heavy atom. The highest BCUT2D eigenvalue weighted by Crippen LogP contribution is 2.30. The Kier molecular flexibility index (Phi) is 3.51. The number of alkyl halides is 3. The van der Waals surface area contributed by atoms with E-state index >= 15 is 0 Å². The number of halogens is 3. The summed E-state index contributed by atoms with van der Waals surface area (Å²) in [6, 6.07) is 2.07. The number of nitrogens with zero attached hydrogens (tertiary/aromatic N) is 1. The summed E-state index contributed by atoms with van der Waals surface area (Å²) in [5, 5.41) is 3.20. The van der Waals surface area contributed by atoms with Crippen LogP contribution in [0.3, 0.4) is 0 Å². The fourth-order valence-corrected chi connectivity index (χ4v) is 1.75. The molecule has 17 heavy (non-hydrogen) atoms. The smallest absolute Gasteiger partial charge is 0.416 e. The third-order valence-electron chi connectivity index (χ3n) is 2.66. The fourth-order valence-electron chi connectivity index (χ4n) is 1.75. The van der Waals surface area contributed by atoms with E-state index in [1.807, 2.05) is 0 Å². The molecular weight excluding hydrogens is 233 g/mol. The molecule has 1 unspecified atom stereocenters. The first-order valence-electron chi connectivity index (χ1n) is 5.45. The van der Waals surface area contributed by atoms with E-state index in [-0.39, 0.29) is 11.9 Å². The molecule has 1 N–H and O–H groups in total. The van der Waals surface area contributed by atoms with Gasteiger partial charge in [-0.2, -0.15) is 13.2 Å². The van der Waals surface area contributed by atoms with Crippen LogP contribution in [0.15, 0.2) is 18.3 Å². The predicted octanol–water partition coefficient (Wildman–Crippen LogP) is 2.23. The SMILES string of the molecule is FC(F)(F)c1ccnc(OCC2CCCN2)c1. The number of pyridine rings is 1. The van der Waals surface area contributed by atoms with Gasteiger partial charge in [0.2, 0.25) is 5.88 Å². The minimum Gasteiger partial charge on any atom is -0.476 e. The first-order valence-corrected chi connectivity index (χ1v) is 5.45. The molecule has 6 heteroatoms. The molecule has 1 saturated heterocycles. The van der Waals surface area contributed by atoms with E-state index in [1.54, 1.807) is 0 Å². The summed E-state index contributed by atoms with van der Waals surface area (Å²) in [6.45, 7) is 1.29. The minimum atomic E-state index is -4.35. The Morgan fingerprint density at radius 1 is 1.47 bits per heavy atom. The summed E-state index contributed by atoms with van der Waals surface area (Å²) in [7, 11) is 0. The van der Waals surface area contributed by atoms with Crippen LogP contribution in [-0.4, -0.2) is 24.2 Å². The molecule has 2 heterocycles. The van der Waals surface area contributed by atoms with Crippen molar-refractivity contribution >= 4 is 0 Å². The molecule has 0 spiro atoms. The normalized spacial score (nSPS) is 20.5. The zero-order chi connectivity index (χ0) is 12.3. The molecule has 3 nitrogen and oxygen atoms in total. The minimum absolute atomic E-state index is 0.0218. The van der Waals surface area contributed by atoms with E-state index in [0.717, 1.165) is 37.7 Å². The Labute approximate surface area is 97.0 Å². The highest BCUT2D eigenvalue weighted by molar-refractivity contribution is 5.22. The van der Waals surface area contributed by atoms with Crippen molar-refractivity contribution in [2.24, 2.45) is 0 Å². The van der Waals surface area contributed by atoms with E-state index in [4.69, 9.17) is 4.74 Å². The maximum Gasteiger partial charge on any atom is 0.416 e. The largest absolute Gasteiger partial charge is 0.476 e. The third kappa shape index (κ3) is 3.33. The van der Waals surface area contributed by atoms with Crippen LogP contribution in [0.5, 0.6) is 5.88 Å². The second-order valence-electron chi connectivity index (χ2n) is 3.98. The van der Waals surface area contributed by atoms with Crippen molar-refractivity contribution in [3.8, 4) is 5.88 Å². The average Bonchev–Trinajstić information content (AvgIpc) is 2.78. The molecule has 0 radical (unpaired) electrons. The van der Waals surface area contributed by atoms with Crippen molar-refractivity contribution in [2.45, 2.75) is 25.1 Å². The molecular formula is C11H13F3N2O. The number of hydrogen-bond acceptors (Lipinski definition) is 3. The summed E-state index contributed by atoms with van der Waals surface area (Å²) in [6.07, 6.45) is -1.18. The molecule has 1 fully saturated rings. The summed E-state index contributed by atoms with van der Waals surface area (Å²) in [5.41, 5.74) is -0.734. The van der Waals surface area contributed by atoms with Gasteiger partial charge in [0.05, 0.1) is 5.56 Å². The van der Waals surface area contributed by atoms with Crippen LogP contribution in [-0.2, 0) is 6.18 Å². The van der Waals surface area contributed by atoms with Crippen LogP contribution >= 0.6 is 0 Å². The van der Waals surface area contributed by atoms with Crippen LogP contribution < -0.4 is 10.1 Å². The number of aromatic nitrogens is 1. The monoisotopic (exact) mass is 246 g/mol. The van der Waals surface area contributed by atoms with E-state index in [1.165, 1.54) is 0 Å². The molecule has 1 aromatic heterocycles. The van der Waals surface area contributed by atoms with Crippen LogP contribution in [0.25, 0.3) is 0 Å². The Balaban J connectivity index is 1.96. The lowest BCUT2D eigenvalue weighted by Crippen LogP contribution is -2.28. The van der Waals surface area contributed by atoms with Crippen molar-refractivity contribution in [3.63, 3.8) is 0 Å². The van der Waals surface area contributed by atoms with Crippen LogP contribution in [0.1, 0.15) is 18.4 Å². The van der Waals surface area contributed by atoms with E-state index in [2.05, 4.69) is 10.3 Å². The van der Waals surface area contributed by atoms with Gasteiger partial charge >= 0.3 is 6.18 Å². The van der Waals surface area contributed by atoms with Gasteiger partial charge in [0.15, 0.2) is 0 Å². The lowest BCUT2D eigenvalue weighted by atomic mass is 10.2. The Bertz CT molecular complexity index is 375. The molecule has 0 bridgehead atoms. The maximum atomic E-state index is 12.4. The van der Waals surface area contributed by atoms with Gasteiger partial charge in [-0.3, -0.25) is 0 Å². The average molecular weight is 246 g/mol. The first kappa shape index (κ1) is 12.2. The highest BCUT2D eigenvalue weighted by atomic mass is 19.4. The topological polar surface area (TPSA) is 34.1 Å². The molecule has 94 valence electrons. The molecule has 1 aliphatic rings. The third-order valence-corrected chi connectivity index (χ3v) is 2.66. The van der Waals surface area contributed by atoms with Crippen molar-refractivity contribution in [1.29, 1.82) is 0 Å². The van der Waals surface area contributed by atoms with Gasteiger partial charge in [0.1, 0.15) is 6.61 Å². The zero-order valence-corrected chi connectivity index (χ0v) is 9.13.